The van der Waals surface area contributed by atoms with Gasteiger partial charge in [0.05, 0.1) is 30.6 Å². The summed E-state index contributed by atoms with van der Waals surface area (Å²) in [5.41, 5.74) is 8.58. The number of aryl methyl sites for hydroxylation is 1. The monoisotopic (exact) mass is 349 g/mol. The van der Waals surface area contributed by atoms with E-state index in [0.717, 1.165) is 34.0 Å². The van der Waals surface area contributed by atoms with Gasteiger partial charge in [-0.15, -0.1) is 11.3 Å². The molecule has 0 fully saturated rings. The average Bonchev–Trinajstić information content (AvgIpc) is 2.92. The van der Waals surface area contributed by atoms with E-state index < -0.39 is 6.10 Å². The normalized spacial score (nSPS) is 18.2. The second-order valence-electron chi connectivity index (χ2n) is 6.03. The predicted molar refractivity (Wildman–Crippen MR) is 96.7 cm³/mol. The summed E-state index contributed by atoms with van der Waals surface area (Å²) in [5, 5.41) is 19.6. The lowest BCUT2D eigenvalue weighted by molar-refractivity contribution is 0.0951. The third-order valence-electron chi connectivity index (χ3n) is 4.20. The molecule has 0 aliphatic carbocycles. The van der Waals surface area contributed by atoms with Gasteiger partial charge in [0.25, 0.3) is 0 Å². The van der Waals surface area contributed by atoms with Crippen LogP contribution in [0.25, 0.3) is 11.3 Å². The molecular formula is C17H23N3O3S. The van der Waals surface area contributed by atoms with Crippen molar-refractivity contribution >= 4 is 22.2 Å². The summed E-state index contributed by atoms with van der Waals surface area (Å²) in [6, 6.07) is 5.95. The molecule has 7 heteroatoms. The zero-order valence-electron chi connectivity index (χ0n) is 13.9. The lowest BCUT2D eigenvalue weighted by atomic mass is 10.1. The van der Waals surface area contributed by atoms with E-state index in [9.17, 15) is 10.2 Å². The first-order valence-corrected chi connectivity index (χ1v) is 8.91. The summed E-state index contributed by atoms with van der Waals surface area (Å²) < 4.78 is 6.02. The Morgan fingerprint density at radius 1 is 1.50 bits per heavy atom. The predicted octanol–water partition coefficient (Wildman–Crippen LogP) is 2.03. The highest BCUT2D eigenvalue weighted by atomic mass is 32.1. The Morgan fingerprint density at radius 3 is 2.92 bits per heavy atom. The van der Waals surface area contributed by atoms with Gasteiger partial charge in [0.1, 0.15) is 11.9 Å². The van der Waals surface area contributed by atoms with Crippen molar-refractivity contribution in [2.24, 2.45) is 0 Å². The number of benzene rings is 1. The zero-order valence-corrected chi connectivity index (χ0v) is 14.7. The number of aromatic nitrogens is 1. The largest absolute Gasteiger partial charge is 0.486 e. The van der Waals surface area contributed by atoms with Gasteiger partial charge >= 0.3 is 0 Å². The first-order valence-electron chi connectivity index (χ1n) is 8.09. The molecule has 2 heterocycles. The van der Waals surface area contributed by atoms with Crippen LogP contribution in [0.15, 0.2) is 18.2 Å². The number of ether oxygens (including phenoxy) is 1. The van der Waals surface area contributed by atoms with Crippen LogP contribution in [-0.2, 0) is 0 Å². The first-order chi connectivity index (χ1) is 11.5. The quantitative estimate of drug-likeness (QED) is 0.765. The van der Waals surface area contributed by atoms with Gasteiger partial charge in [-0.05, 0) is 31.5 Å². The average molecular weight is 349 g/mol. The molecular weight excluding hydrogens is 326 g/mol. The van der Waals surface area contributed by atoms with Crippen LogP contribution in [-0.4, -0.2) is 47.1 Å². The second kappa shape index (κ2) is 6.96. The second-order valence-corrected chi connectivity index (χ2v) is 7.26. The lowest BCUT2D eigenvalue weighted by Gasteiger charge is -2.37. The number of rotatable bonds is 5. The van der Waals surface area contributed by atoms with E-state index in [0.29, 0.717) is 18.2 Å². The molecule has 1 aromatic carbocycles. The van der Waals surface area contributed by atoms with E-state index >= 15 is 0 Å². The van der Waals surface area contributed by atoms with Crippen LogP contribution in [0.1, 0.15) is 18.2 Å². The first kappa shape index (κ1) is 17.0. The van der Waals surface area contributed by atoms with Crippen LogP contribution < -0.4 is 15.4 Å². The van der Waals surface area contributed by atoms with Crippen LogP contribution >= 0.6 is 11.3 Å². The van der Waals surface area contributed by atoms with Gasteiger partial charge in [0, 0.05) is 17.0 Å². The molecule has 0 radical (unpaired) electrons. The van der Waals surface area contributed by atoms with Crippen molar-refractivity contribution in [2.75, 3.05) is 30.3 Å². The molecule has 2 aromatic rings. The maximum atomic E-state index is 9.87. The number of nitrogens with zero attached hydrogens (tertiary/aromatic N) is 2. The highest BCUT2D eigenvalue weighted by molar-refractivity contribution is 7.15. The number of thiazole rings is 1. The van der Waals surface area contributed by atoms with Gasteiger partial charge in [0.15, 0.2) is 5.13 Å². The lowest BCUT2D eigenvalue weighted by Crippen LogP contribution is -2.44. The molecule has 0 bridgehead atoms. The number of fused-ring (bicyclic) bond motifs is 1. The number of nitrogen functional groups attached to an aromatic ring is 1. The summed E-state index contributed by atoms with van der Waals surface area (Å²) in [7, 11) is 0. The van der Waals surface area contributed by atoms with Crippen molar-refractivity contribution < 1.29 is 14.9 Å². The minimum Gasteiger partial charge on any atom is -0.486 e. The van der Waals surface area contributed by atoms with E-state index in [4.69, 9.17) is 10.5 Å². The third-order valence-corrected chi connectivity index (χ3v) is 5.00. The maximum Gasteiger partial charge on any atom is 0.180 e. The summed E-state index contributed by atoms with van der Waals surface area (Å²) in [6.45, 7) is 4.86. The number of nitrogens with two attached hydrogens (primary N) is 1. The molecule has 130 valence electrons. The van der Waals surface area contributed by atoms with Gasteiger partial charge < -0.3 is 25.6 Å². The fourth-order valence-corrected chi connectivity index (χ4v) is 3.67. The molecule has 0 saturated heterocycles. The Balaban J connectivity index is 1.98. The molecule has 0 spiro atoms. The van der Waals surface area contributed by atoms with Crippen molar-refractivity contribution in [3.63, 3.8) is 0 Å². The molecule has 4 N–H and O–H groups in total. The summed E-state index contributed by atoms with van der Waals surface area (Å²) in [6.07, 6.45) is 0.175. The van der Waals surface area contributed by atoms with Crippen molar-refractivity contribution in [2.45, 2.75) is 32.5 Å². The molecule has 1 aliphatic rings. The van der Waals surface area contributed by atoms with Gasteiger partial charge in [-0.25, -0.2) is 4.98 Å². The van der Waals surface area contributed by atoms with Gasteiger partial charge in [0.2, 0.25) is 0 Å². The highest BCUT2D eigenvalue weighted by Gasteiger charge is 2.27. The highest BCUT2D eigenvalue weighted by Crippen LogP contribution is 2.39. The molecule has 2 unspecified atom stereocenters. The zero-order chi connectivity index (χ0) is 17.3. The molecule has 2 atom stereocenters. The van der Waals surface area contributed by atoms with E-state index in [1.165, 1.54) is 11.3 Å². The fraction of sp³-hybridized carbons (Fsp3) is 0.471. The van der Waals surface area contributed by atoms with Gasteiger partial charge in [-0.1, -0.05) is 6.92 Å². The molecule has 24 heavy (non-hydrogen) atoms. The number of anilines is 2. The number of aliphatic hydroxyl groups is 2. The Bertz CT molecular complexity index is 719. The molecule has 0 saturated carbocycles. The van der Waals surface area contributed by atoms with Crippen LogP contribution in [0.2, 0.25) is 0 Å². The van der Waals surface area contributed by atoms with E-state index in [-0.39, 0.29) is 12.7 Å². The Morgan fingerprint density at radius 2 is 2.29 bits per heavy atom. The van der Waals surface area contributed by atoms with E-state index in [1.54, 1.807) is 0 Å². The Kier molecular flexibility index (Phi) is 4.93. The number of aliphatic hydroxyl groups excluding tert-OH is 2. The van der Waals surface area contributed by atoms with Crippen molar-refractivity contribution in [3.05, 3.63) is 23.1 Å². The Hall–Kier alpha value is -1.83. The SMILES string of the molecule is CCC1CN(CC(O)CO)c2cc(-c3nc(N)sc3C)ccc2O1. The van der Waals surface area contributed by atoms with E-state index in [1.807, 2.05) is 25.1 Å². The molecule has 1 aliphatic heterocycles. The summed E-state index contributed by atoms with van der Waals surface area (Å²) in [5.74, 6) is 0.794. The van der Waals surface area contributed by atoms with Crippen LogP contribution in [0.5, 0.6) is 5.75 Å². The van der Waals surface area contributed by atoms with Crippen LogP contribution in [0, 0.1) is 6.92 Å². The summed E-state index contributed by atoms with van der Waals surface area (Å²) in [4.78, 5) is 7.55. The van der Waals surface area contributed by atoms with E-state index in [2.05, 4.69) is 16.8 Å². The van der Waals surface area contributed by atoms with Crippen LogP contribution in [0.3, 0.4) is 0 Å². The van der Waals surface area contributed by atoms with Gasteiger partial charge in [-0.3, -0.25) is 0 Å². The van der Waals surface area contributed by atoms with Crippen molar-refractivity contribution in [1.29, 1.82) is 0 Å². The minimum atomic E-state index is -0.784. The third kappa shape index (κ3) is 3.33. The van der Waals surface area contributed by atoms with Crippen molar-refractivity contribution in [3.8, 4) is 17.0 Å². The number of hydrogen-bond donors (Lipinski definition) is 3. The van der Waals surface area contributed by atoms with Crippen LogP contribution in [0.4, 0.5) is 10.8 Å². The van der Waals surface area contributed by atoms with Crippen molar-refractivity contribution in [1.82, 2.24) is 4.98 Å². The standard InChI is InChI=1S/C17H23N3O3S/c1-3-13-8-20(7-12(22)9-21)14-6-11(4-5-15(14)23-13)16-10(2)24-17(18)19-16/h4-6,12-13,21-22H,3,7-9H2,1-2H3,(H2,18,19). The number of β-amino-alcohol motifs (C(OH)–C–C–N with tert-alkyl or cyclic N) is 1. The van der Waals surface area contributed by atoms with Gasteiger partial charge in [-0.2, -0.15) is 0 Å². The summed E-state index contributed by atoms with van der Waals surface area (Å²) >= 11 is 1.47. The molecule has 6 nitrogen and oxygen atoms in total. The fourth-order valence-electron chi connectivity index (χ4n) is 2.95. The number of hydrogen-bond acceptors (Lipinski definition) is 7. The smallest absolute Gasteiger partial charge is 0.180 e. The molecule has 1 aromatic heterocycles. The molecule has 0 amide bonds. The maximum absolute atomic E-state index is 9.87. The topological polar surface area (TPSA) is 91.8 Å². The minimum absolute atomic E-state index is 0.0749. The Labute approximate surface area is 145 Å². The molecule has 3 rings (SSSR count).